The van der Waals surface area contributed by atoms with Gasteiger partial charge in [-0.25, -0.2) is 9.40 Å². The number of nitriles is 1. The molecule has 0 bridgehead atoms. The van der Waals surface area contributed by atoms with Crippen molar-refractivity contribution in [3.8, 4) is 6.07 Å². The zero-order valence-corrected chi connectivity index (χ0v) is 11.5. The van der Waals surface area contributed by atoms with E-state index >= 15 is 0 Å². The number of hydrogen-bond donors (Lipinski definition) is 1. The molecule has 2 unspecified atom stereocenters. The Labute approximate surface area is 114 Å². The van der Waals surface area contributed by atoms with Crippen molar-refractivity contribution in [2.75, 3.05) is 0 Å². The smallest absolute Gasteiger partial charge is 0.145 e. The van der Waals surface area contributed by atoms with Gasteiger partial charge in [-0.15, -0.1) is 0 Å². The van der Waals surface area contributed by atoms with Crippen LogP contribution in [0.4, 0.5) is 4.39 Å². The Morgan fingerprint density at radius 1 is 1.37 bits per heavy atom. The number of piperidine rings is 1. The second-order valence-corrected chi connectivity index (χ2v) is 5.26. The second-order valence-electron chi connectivity index (χ2n) is 5.26. The molecule has 1 saturated heterocycles. The van der Waals surface area contributed by atoms with Crippen molar-refractivity contribution in [3.05, 3.63) is 35.1 Å². The van der Waals surface area contributed by atoms with E-state index in [0.717, 1.165) is 12.8 Å². The van der Waals surface area contributed by atoms with Gasteiger partial charge in [0.05, 0.1) is 5.56 Å². The van der Waals surface area contributed by atoms with E-state index in [9.17, 15) is 4.39 Å². The van der Waals surface area contributed by atoms with Crippen molar-refractivity contribution < 1.29 is 4.39 Å². The predicted octanol–water partition coefficient (Wildman–Crippen LogP) is 2.96. The number of halogens is 1. The number of benzene rings is 1. The Morgan fingerprint density at radius 2 is 2.05 bits per heavy atom. The minimum atomic E-state index is -0.408. The highest BCUT2D eigenvalue weighted by Crippen LogP contribution is 2.21. The van der Waals surface area contributed by atoms with Crippen LogP contribution < -0.4 is 5.43 Å². The fourth-order valence-electron chi connectivity index (χ4n) is 2.71. The maximum atomic E-state index is 13.9. The van der Waals surface area contributed by atoms with Crippen molar-refractivity contribution >= 4 is 0 Å². The number of hydrazine groups is 1. The van der Waals surface area contributed by atoms with Crippen LogP contribution in [-0.4, -0.2) is 17.1 Å². The molecule has 3 nitrogen and oxygen atoms in total. The quantitative estimate of drug-likeness (QED) is 0.909. The highest BCUT2D eigenvalue weighted by atomic mass is 19.1. The molecular formula is C15H20FN3. The summed E-state index contributed by atoms with van der Waals surface area (Å²) in [6, 6.07) is 7.76. The van der Waals surface area contributed by atoms with E-state index in [1.807, 2.05) is 6.07 Å². The van der Waals surface area contributed by atoms with Crippen molar-refractivity contribution in [2.24, 2.45) is 0 Å². The average molecular weight is 261 g/mol. The van der Waals surface area contributed by atoms with Crippen LogP contribution in [0.25, 0.3) is 0 Å². The summed E-state index contributed by atoms with van der Waals surface area (Å²) >= 11 is 0. The Bertz CT molecular complexity index is 471. The molecule has 1 aromatic rings. The third kappa shape index (κ3) is 3.12. The first-order valence-corrected chi connectivity index (χ1v) is 6.82. The summed E-state index contributed by atoms with van der Waals surface area (Å²) in [4.78, 5) is 0. The molecule has 2 rings (SSSR count). The van der Waals surface area contributed by atoms with Gasteiger partial charge in [0.25, 0.3) is 0 Å². The van der Waals surface area contributed by atoms with E-state index in [1.165, 1.54) is 12.5 Å². The van der Waals surface area contributed by atoms with Crippen molar-refractivity contribution in [3.63, 3.8) is 0 Å². The van der Waals surface area contributed by atoms with Gasteiger partial charge in [0.15, 0.2) is 0 Å². The Balaban J connectivity index is 2.04. The normalized spacial score (nSPS) is 24.1. The molecule has 0 radical (unpaired) electrons. The third-order valence-corrected chi connectivity index (χ3v) is 3.84. The van der Waals surface area contributed by atoms with E-state index in [0.29, 0.717) is 24.2 Å². The van der Waals surface area contributed by atoms with E-state index in [-0.39, 0.29) is 5.56 Å². The van der Waals surface area contributed by atoms with Gasteiger partial charge in [0.1, 0.15) is 11.9 Å². The molecule has 2 atom stereocenters. The standard InChI is InChI=1S/C15H20FN3/c1-11-5-3-6-12(2)19(11)18-10-14-8-4-7-13(9-17)15(14)16/h4,7-8,11-12,18H,3,5-6,10H2,1-2H3. The SMILES string of the molecule is CC1CCCC(C)N1NCc1cccc(C#N)c1F. The van der Waals surface area contributed by atoms with Crippen LogP contribution in [0.3, 0.4) is 0 Å². The molecule has 19 heavy (non-hydrogen) atoms. The van der Waals surface area contributed by atoms with E-state index in [1.54, 1.807) is 12.1 Å². The zero-order valence-electron chi connectivity index (χ0n) is 11.5. The zero-order chi connectivity index (χ0) is 13.8. The molecule has 1 aliphatic rings. The minimum absolute atomic E-state index is 0.110. The molecule has 1 N–H and O–H groups in total. The summed E-state index contributed by atoms with van der Waals surface area (Å²) < 4.78 is 13.9. The summed E-state index contributed by atoms with van der Waals surface area (Å²) in [6.07, 6.45) is 3.58. The summed E-state index contributed by atoms with van der Waals surface area (Å²) in [5.41, 5.74) is 3.97. The molecule has 1 aliphatic heterocycles. The van der Waals surface area contributed by atoms with Gasteiger partial charge in [-0.05, 0) is 32.8 Å². The summed E-state index contributed by atoms with van der Waals surface area (Å²) in [5.74, 6) is -0.408. The molecule has 1 aromatic carbocycles. The topological polar surface area (TPSA) is 39.1 Å². The van der Waals surface area contributed by atoms with Gasteiger partial charge in [-0.1, -0.05) is 18.6 Å². The van der Waals surface area contributed by atoms with Crippen molar-refractivity contribution in [2.45, 2.75) is 51.7 Å². The average Bonchev–Trinajstić information content (AvgIpc) is 2.40. The van der Waals surface area contributed by atoms with Crippen LogP contribution in [0.2, 0.25) is 0 Å². The van der Waals surface area contributed by atoms with Gasteiger partial charge >= 0.3 is 0 Å². The van der Waals surface area contributed by atoms with Crippen molar-refractivity contribution in [1.29, 1.82) is 5.26 Å². The largest absolute Gasteiger partial charge is 0.250 e. The lowest BCUT2D eigenvalue weighted by atomic mass is 10.00. The number of rotatable bonds is 3. The summed E-state index contributed by atoms with van der Waals surface area (Å²) in [6.45, 7) is 4.80. The Kier molecular flexibility index (Phi) is 4.52. The van der Waals surface area contributed by atoms with Crippen molar-refractivity contribution in [1.82, 2.24) is 10.4 Å². The van der Waals surface area contributed by atoms with Gasteiger partial charge in [0.2, 0.25) is 0 Å². The van der Waals surface area contributed by atoms with Crippen LogP contribution in [0.5, 0.6) is 0 Å². The first-order chi connectivity index (χ1) is 9.13. The molecular weight excluding hydrogens is 241 g/mol. The third-order valence-electron chi connectivity index (χ3n) is 3.84. The molecule has 0 saturated carbocycles. The monoisotopic (exact) mass is 261 g/mol. The fraction of sp³-hybridized carbons (Fsp3) is 0.533. The maximum Gasteiger partial charge on any atom is 0.145 e. The number of nitrogens with one attached hydrogen (secondary N) is 1. The molecule has 1 fully saturated rings. The predicted molar refractivity (Wildman–Crippen MR) is 72.6 cm³/mol. The van der Waals surface area contributed by atoms with Crippen LogP contribution in [0.1, 0.15) is 44.2 Å². The molecule has 4 heteroatoms. The highest BCUT2D eigenvalue weighted by Gasteiger charge is 2.24. The van der Waals surface area contributed by atoms with Crippen LogP contribution in [-0.2, 0) is 6.54 Å². The summed E-state index contributed by atoms with van der Waals surface area (Å²) in [7, 11) is 0. The van der Waals surface area contributed by atoms with Gasteiger partial charge in [-0.3, -0.25) is 5.43 Å². The number of hydrogen-bond acceptors (Lipinski definition) is 3. The lowest BCUT2D eigenvalue weighted by Crippen LogP contribution is -2.51. The Hall–Kier alpha value is -1.44. The highest BCUT2D eigenvalue weighted by molar-refractivity contribution is 5.34. The van der Waals surface area contributed by atoms with Gasteiger partial charge < -0.3 is 0 Å². The van der Waals surface area contributed by atoms with E-state index in [2.05, 4.69) is 24.3 Å². The number of nitrogens with zero attached hydrogens (tertiary/aromatic N) is 2. The lowest BCUT2D eigenvalue weighted by Gasteiger charge is -2.39. The summed E-state index contributed by atoms with van der Waals surface area (Å²) in [5, 5.41) is 11.0. The van der Waals surface area contributed by atoms with Crippen LogP contribution >= 0.6 is 0 Å². The first-order valence-electron chi connectivity index (χ1n) is 6.82. The second kappa shape index (κ2) is 6.14. The lowest BCUT2D eigenvalue weighted by molar-refractivity contribution is 0.0432. The molecule has 1 heterocycles. The van der Waals surface area contributed by atoms with E-state index < -0.39 is 5.82 Å². The van der Waals surface area contributed by atoms with Crippen LogP contribution in [0, 0.1) is 17.1 Å². The molecule has 0 spiro atoms. The van der Waals surface area contributed by atoms with E-state index in [4.69, 9.17) is 5.26 Å². The minimum Gasteiger partial charge on any atom is -0.250 e. The van der Waals surface area contributed by atoms with Gasteiger partial charge in [0, 0.05) is 24.2 Å². The maximum absolute atomic E-state index is 13.9. The molecule has 102 valence electrons. The molecule has 0 amide bonds. The van der Waals surface area contributed by atoms with Crippen LogP contribution in [0.15, 0.2) is 18.2 Å². The molecule has 0 aromatic heterocycles. The molecule has 0 aliphatic carbocycles. The first kappa shape index (κ1) is 14.0. The Morgan fingerprint density at radius 3 is 2.68 bits per heavy atom. The van der Waals surface area contributed by atoms with Gasteiger partial charge in [-0.2, -0.15) is 5.26 Å². The fourth-order valence-corrected chi connectivity index (χ4v) is 2.71.